The van der Waals surface area contributed by atoms with Crippen molar-refractivity contribution in [2.45, 2.75) is 55.9 Å². The first-order valence-corrected chi connectivity index (χ1v) is 9.34. The van der Waals surface area contributed by atoms with E-state index in [4.69, 9.17) is 0 Å². The minimum Gasteiger partial charge on any atom is -0.480 e. The molecule has 3 heterocycles. The van der Waals surface area contributed by atoms with E-state index in [0.29, 0.717) is 18.1 Å². The molecular formula is C16H19N3O4S. The van der Waals surface area contributed by atoms with Crippen molar-refractivity contribution in [2.24, 2.45) is 5.92 Å². The van der Waals surface area contributed by atoms with Crippen LogP contribution in [0, 0.1) is 5.92 Å². The molecule has 24 heavy (non-hydrogen) atoms. The van der Waals surface area contributed by atoms with Gasteiger partial charge in [0.2, 0.25) is 0 Å². The fourth-order valence-electron chi connectivity index (χ4n) is 4.28. The Labute approximate surface area is 143 Å². The summed E-state index contributed by atoms with van der Waals surface area (Å²) in [6.07, 6.45) is 5.66. The maximum Gasteiger partial charge on any atom is 0.326 e. The van der Waals surface area contributed by atoms with Crippen LogP contribution in [-0.2, 0) is 11.3 Å². The van der Waals surface area contributed by atoms with Crippen molar-refractivity contribution in [3.8, 4) is 0 Å². The van der Waals surface area contributed by atoms with E-state index in [0.717, 1.165) is 31.4 Å². The Bertz CT molecular complexity index is 762. The Morgan fingerprint density at radius 3 is 2.88 bits per heavy atom. The highest BCUT2D eigenvalue weighted by molar-refractivity contribution is 7.99. The highest BCUT2D eigenvalue weighted by Crippen LogP contribution is 2.40. The maximum atomic E-state index is 13.0. The number of aromatic nitrogens is 2. The molecule has 1 aliphatic carbocycles. The molecule has 8 heteroatoms. The number of rotatable bonds is 2. The van der Waals surface area contributed by atoms with Gasteiger partial charge < -0.3 is 10.0 Å². The van der Waals surface area contributed by atoms with Gasteiger partial charge in [-0.05, 0) is 25.2 Å². The second kappa shape index (κ2) is 5.91. The number of carbonyl (C=O) groups is 2. The minimum atomic E-state index is -0.984. The summed E-state index contributed by atoms with van der Waals surface area (Å²) in [5.41, 5.74) is -0.350. The van der Waals surface area contributed by atoms with E-state index in [-0.39, 0.29) is 23.1 Å². The second-order valence-electron chi connectivity index (χ2n) is 6.67. The highest BCUT2D eigenvalue weighted by Gasteiger charge is 2.48. The molecular weight excluding hydrogens is 330 g/mol. The van der Waals surface area contributed by atoms with E-state index >= 15 is 0 Å². The zero-order chi connectivity index (χ0) is 16.8. The number of carbonyl (C=O) groups excluding carboxylic acids is 1. The van der Waals surface area contributed by atoms with Crippen LogP contribution >= 0.6 is 11.8 Å². The second-order valence-corrected chi connectivity index (χ2v) is 7.74. The van der Waals surface area contributed by atoms with Crippen LogP contribution in [0.3, 0.4) is 0 Å². The molecule has 3 aliphatic rings. The largest absolute Gasteiger partial charge is 0.480 e. The van der Waals surface area contributed by atoms with Crippen molar-refractivity contribution in [3.63, 3.8) is 0 Å². The molecule has 7 nitrogen and oxygen atoms in total. The summed E-state index contributed by atoms with van der Waals surface area (Å²) < 4.78 is 1.52. The summed E-state index contributed by atoms with van der Waals surface area (Å²) in [6.45, 7) is 0.543. The number of hydrogen-bond acceptors (Lipinski definition) is 5. The smallest absolute Gasteiger partial charge is 0.326 e. The first-order valence-electron chi connectivity index (χ1n) is 8.36. The van der Waals surface area contributed by atoms with Gasteiger partial charge in [0.25, 0.3) is 11.5 Å². The van der Waals surface area contributed by atoms with Gasteiger partial charge in [-0.1, -0.05) is 24.6 Å². The van der Waals surface area contributed by atoms with Crippen LogP contribution in [0.5, 0.6) is 0 Å². The third-order valence-electron chi connectivity index (χ3n) is 5.39. The molecule has 0 unspecified atom stereocenters. The number of likely N-dealkylation sites (tertiary alicyclic amines) is 1. The molecule has 1 aromatic rings. The maximum absolute atomic E-state index is 13.0. The zero-order valence-corrected chi connectivity index (χ0v) is 14.0. The van der Waals surface area contributed by atoms with Gasteiger partial charge >= 0.3 is 5.97 Å². The standard InChI is InChI=1S/C16H19N3O4S/c20-13-10(8-17-16-18(13)5-6-24-16)14(21)19-11-4-2-1-3-9(11)7-12(19)15(22)23/h8-9,11-12H,1-7H2,(H,22,23)/t9-,11+,12+/m1/s1. The molecule has 0 bridgehead atoms. The Kier molecular flexibility index (Phi) is 3.86. The highest BCUT2D eigenvalue weighted by atomic mass is 32.2. The van der Waals surface area contributed by atoms with Crippen molar-refractivity contribution >= 4 is 23.6 Å². The molecule has 0 aromatic carbocycles. The number of carboxylic acids is 1. The molecule has 1 saturated carbocycles. The lowest BCUT2D eigenvalue weighted by Crippen LogP contribution is -2.48. The molecule has 0 spiro atoms. The first kappa shape index (κ1) is 15.7. The van der Waals surface area contributed by atoms with Crippen molar-refractivity contribution in [2.75, 3.05) is 5.75 Å². The Morgan fingerprint density at radius 2 is 2.08 bits per heavy atom. The normalized spacial score (nSPS) is 28.5. The van der Waals surface area contributed by atoms with Crippen LogP contribution < -0.4 is 5.56 Å². The molecule has 128 valence electrons. The average Bonchev–Trinajstić information content (AvgIpc) is 3.19. The Hall–Kier alpha value is -1.83. The van der Waals surface area contributed by atoms with Gasteiger partial charge in [-0.25, -0.2) is 9.78 Å². The van der Waals surface area contributed by atoms with Gasteiger partial charge in [0, 0.05) is 24.5 Å². The monoisotopic (exact) mass is 349 g/mol. The van der Waals surface area contributed by atoms with E-state index < -0.39 is 17.9 Å². The number of carboxylic acid groups (broad SMARTS) is 1. The lowest BCUT2D eigenvalue weighted by atomic mass is 9.84. The summed E-state index contributed by atoms with van der Waals surface area (Å²) in [7, 11) is 0. The van der Waals surface area contributed by atoms with Gasteiger partial charge in [-0.15, -0.1) is 0 Å². The van der Waals surface area contributed by atoms with Crippen LogP contribution in [0.4, 0.5) is 0 Å². The first-order chi connectivity index (χ1) is 11.6. The summed E-state index contributed by atoms with van der Waals surface area (Å²) in [6, 6.07) is -0.906. The summed E-state index contributed by atoms with van der Waals surface area (Å²) >= 11 is 1.49. The van der Waals surface area contributed by atoms with Crippen LogP contribution in [-0.4, -0.2) is 49.3 Å². The molecule has 1 N–H and O–H groups in total. The van der Waals surface area contributed by atoms with Gasteiger partial charge in [-0.3, -0.25) is 14.2 Å². The number of thioether (sulfide) groups is 1. The van der Waals surface area contributed by atoms with Crippen LogP contribution in [0.1, 0.15) is 42.5 Å². The van der Waals surface area contributed by atoms with E-state index in [2.05, 4.69) is 4.98 Å². The molecule has 2 aliphatic heterocycles. The van der Waals surface area contributed by atoms with Gasteiger partial charge in [0.15, 0.2) is 5.16 Å². The SMILES string of the molecule is O=C(O)[C@@H]1C[C@H]2CCCC[C@@H]2N1C(=O)c1cnc2n(c1=O)CCS2. The number of aliphatic carboxylic acids is 1. The predicted molar refractivity (Wildman–Crippen MR) is 87.2 cm³/mol. The minimum absolute atomic E-state index is 0.00118. The van der Waals surface area contributed by atoms with Crippen LogP contribution in [0.2, 0.25) is 0 Å². The molecule has 2 fully saturated rings. The van der Waals surface area contributed by atoms with Gasteiger partial charge in [0.1, 0.15) is 11.6 Å². The lowest BCUT2D eigenvalue weighted by molar-refractivity contribution is -0.141. The summed E-state index contributed by atoms with van der Waals surface area (Å²) in [5, 5.41) is 10.2. The fourth-order valence-corrected chi connectivity index (χ4v) is 5.19. The predicted octanol–water partition coefficient (Wildman–Crippen LogP) is 1.21. The van der Waals surface area contributed by atoms with Crippen molar-refractivity contribution < 1.29 is 14.7 Å². The third-order valence-corrected chi connectivity index (χ3v) is 6.37. The lowest BCUT2D eigenvalue weighted by Gasteiger charge is -2.32. The molecule has 4 rings (SSSR count). The van der Waals surface area contributed by atoms with Crippen molar-refractivity contribution in [3.05, 3.63) is 22.1 Å². The van der Waals surface area contributed by atoms with Gasteiger partial charge in [0.05, 0.1) is 0 Å². The van der Waals surface area contributed by atoms with E-state index in [1.165, 1.54) is 27.4 Å². The fraction of sp³-hybridized carbons (Fsp3) is 0.625. The van der Waals surface area contributed by atoms with Gasteiger partial charge in [-0.2, -0.15) is 0 Å². The molecule has 1 aromatic heterocycles. The number of fused-ring (bicyclic) bond motifs is 2. The number of hydrogen-bond donors (Lipinski definition) is 1. The zero-order valence-electron chi connectivity index (χ0n) is 13.2. The van der Waals surface area contributed by atoms with Crippen molar-refractivity contribution in [1.82, 2.24) is 14.5 Å². The van der Waals surface area contributed by atoms with Crippen LogP contribution in [0.15, 0.2) is 16.1 Å². The van der Waals surface area contributed by atoms with Crippen molar-refractivity contribution in [1.29, 1.82) is 0 Å². The molecule has 1 saturated heterocycles. The summed E-state index contributed by atoms with van der Waals surface area (Å²) in [5.74, 6) is -0.458. The quantitative estimate of drug-likeness (QED) is 0.807. The number of amides is 1. The van der Waals surface area contributed by atoms with Crippen LogP contribution in [0.25, 0.3) is 0 Å². The van der Waals surface area contributed by atoms with E-state index in [1.54, 1.807) is 0 Å². The summed E-state index contributed by atoms with van der Waals surface area (Å²) in [4.78, 5) is 43.0. The average molecular weight is 349 g/mol. The van der Waals surface area contributed by atoms with E-state index in [1.807, 2.05) is 0 Å². The molecule has 3 atom stereocenters. The Morgan fingerprint density at radius 1 is 1.29 bits per heavy atom. The topological polar surface area (TPSA) is 92.5 Å². The Balaban J connectivity index is 1.72. The molecule has 1 amide bonds. The third kappa shape index (κ3) is 2.35. The number of nitrogens with zero attached hydrogens (tertiary/aromatic N) is 3. The van der Waals surface area contributed by atoms with E-state index in [9.17, 15) is 19.5 Å². The molecule has 0 radical (unpaired) electrons.